The van der Waals surface area contributed by atoms with Gasteiger partial charge in [0.05, 0.1) is 22.9 Å². The number of aromatic nitrogens is 2. The monoisotopic (exact) mass is 365 g/mol. The fourth-order valence-electron chi connectivity index (χ4n) is 3.66. The van der Waals surface area contributed by atoms with E-state index in [1.165, 1.54) is 0 Å². The summed E-state index contributed by atoms with van der Waals surface area (Å²) in [4.78, 5) is 34.9. The zero-order chi connectivity index (χ0) is 19.0. The van der Waals surface area contributed by atoms with E-state index in [9.17, 15) is 9.59 Å². The zero-order valence-electron chi connectivity index (χ0n) is 15.7. The number of nitrogens with zero attached hydrogens (tertiary/aromatic N) is 2. The molecular weight excluding hydrogens is 342 g/mol. The average Bonchev–Trinajstić information content (AvgIpc) is 2.65. The van der Waals surface area contributed by atoms with E-state index < -0.39 is 0 Å². The van der Waals surface area contributed by atoms with Crippen LogP contribution < -0.4 is 11.0 Å². The topological polar surface area (TPSA) is 79.2 Å². The highest BCUT2D eigenvalue weighted by Crippen LogP contribution is 2.18. The molecule has 1 aromatic carbocycles. The first-order valence-electron chi connectivity index (χ1n) is 9.39. The number of hydrogen-bond acceptors (Lipinski definition) is 5. The SMILES string of the molecule is CCCc1nc2c(c(=O)[nH]1)CN(Cc1coc3ccc(C)cc3c1=O)CC2. The van der Waals surface area contributed by atoms with E-state index >= 15 is 0 Å². The van der Waals surface area contributed by atoms with E-state index in [2.05, 4.69) is 21.8 Å². The molecule has 0 bridgehead atoms. The van der Waals surface area contributed by atoms with Crippen molar-refractivity contribution >= 4 is 11.0 Å². The molecule has 4 rings (SSSR count). The molecule has 3 aromatic rings. The molecule has 0 fully saturated rings. The standard InChI is InChI=1S/C21H23N3O3/c1-3-4-19-22-17-7-8-24(11-16(17)21(26)23-19)10-14-12-27-18-6-5-13(2)9-15(18)20(14)25/h5-6,9,12H,3-4,7-8,10-11H2,1-2H3,(H,22,23,26). The second-order valence-corrected chi connectivity index (χ2v) is 7.24. The molecule has 0 aliphatic carbocycles. The van der Waals surface area contributed by atoms with E-state index in [0.29, 0.717) is 41.6 Å². The number of benzene rings is 1. The number of aromatic amines is 1. The molecule has 140 valence electrons. The van der Waals surface area contributed by atoms with Gasteiger partial charge >= 0.3 is 0 Å². The average molecular weight is 365 g/mol. The van der Waals surface area contributed by atoms with Crippen LogP contribution in [-0.4, -0.2) is 21.4 Å². The summed E-state index contributed by atoms with van der Waals surface area (Å²) in [6.45, 7) is 5.74. The Hall–Kier alpha value is -2.73. The summed E-state index contributed by atoms with van der Waals surface area (Å²) in [7, 11) is 0. The Kier molecular flexibility index (Phi) is 4.66. The fourth-order valence-corrected chi connectivity index (χ4v) is 3.66. The molecule has 3 heterocycles. The van der Waals surface area contributed by atoms with Crippen LogP contribution in [0.3, 0.4) is 0 Å². The summed E-state index contributed by atoms with van der Waals surface area (Å²) in [5.41, 5.74) is 3.78. The molecule has 2 aromatic heterocycles. The summed E-state index contributed by atoms with van der Waals surface area (Å²) in [5.74, 6) is 0.764. The van der Waals surface area contributed by atoms with Crippen LogP contribution in [0.5, 0.6) is 0 Å². The van der Waals surface area contributed by atoms with Gasteiger partial charge in [0.1, 0.15) is 11.4 Å². The van der Waals surface area contributed by atoms with E-state index in [4.69, 9.17) is 4.42 Å². The van der Waals surface area contributed by atoms with Gasteiger partial charge in [-0.05, 0) is 25.5 Å². The van der Waals surface area contributed by atoms with Crippen LogP contribution in [0, 0.1) is 6.92 Å². The van der Waals surface area contributed by atoms with Gasteiger partial charge in [-0.2, -0.15) is 0 Å². The maximum absolute atomic E-state index is 12.8. The molecule has 1 N–H and O–H groups in total. The molecule has 6 heteroatoms. The first-order valence-corrected chi connectivity index (χ1v) is 9.39. The van der Waals surface area contributed by atoms with Gasteiger partial charge < -0.3 is 9.40 Å². The van der Waals surface area contributed by atoms with Crippen molar-refractivity contribution in [3.63, 3.8) is 0 Å². The molecule has 27 heavy (non-hydrogen) atoms. The smallest absolute Gasteiger partial charge is 0.255 e. The lowest BCUT2D eigenvalue weighted by atomic mass is 10.1. The van der Waals surface area contributed by atoms with Crippen LogP contribution in [0.25, 0.3) is 11.0 Å². The number of aryl methyl sites for hydroxylation is 2. The van der Waals surface area contributed by atoms with Gasteiger partial charge in [0.15, 0.2) is 5.43 Å². The van der Waals surface area contributed by atoms with Gasteiger partial charge in [-0.1, -0.05) is 18.6 Å². The molecule has 6 nitrogen and oxygen atoms in total. The van der Waals surface area contributed by atoms with Crippen molar-refractivity contribution in [3.05, 3.63) is 73.2 Å². The van der Waals surface area contributed by atoms with E-state index in [1.54, 1.807) is 6.26 Å². The minimum Gasteiger partial charge on any atom is -0.464 e. The summed E-state index contributed by atoms with van der Waals surface area (Å²) in [5, 5.41) is 0.605. The Balaban J connectivity index is 1.60. The summed E-state index contributed by atoms with van der Waals surface area (Å²) in [6.07, 6.45) is 3.99. The maximum Gasteiger partial charge on any atom is 0.255 e. The molecule has 0 radical (unpaired) electrons. The summed E-state index contributed by atoms with van der Waals surface area (Å²) in [6, 6.07) is 5.62. The van der Waals surface area contributed by atoms with Crippen molar-refractivity contribution in [1.82, 2.24) is 14.9 Å². The Morgan fingerprint density at radius 2 is 2.15 bits per heavy atom. The maximum atomic E-state index is 12.8. The van der Waals surface area contributed by atoms with Crippen molar-refractivity contribution in [2.45, 2.75) is 46.2 Å². The molecule has 0 saturated heterocycles. The van der Waals surface area contributed by atoms with Gasteiger partial charge in [0.25, 0.3) is 5.56 Å². The highest BCUT2D eigenvalue weighted by atomic mass is 16.3. The number of hydrogen-bond donors (Lipinski definition) is 1. The second kappa shape index (κ2) is 7.12. The zero-order valence-corrected chi connectivity index (χ0v) is 15.7. The third-order valence-electron chi connectivity index (χ3n) is 5.08. The molecule has 0 saturated carbocycles. The van der Waals surface area contributed by atoms with Crippen molar-refractivity contribution < 1.29 is 4.42 Å². The lowest BCUT2D eigenvalue weighted by Crippen LogP contribution is -2.36. The predicted molar refractivity (Wildman–Crippen MR) is 104 cm³/mol. The van der Waals surface area contributed by atoms with Gasteiger partial charge in [0, 0.05) is 38.0 Å². The van der Waals surface area contributed by atoms with Crippen molar-refractivity contribution in [3.8, 4) is 0 Å². The molecule has 0 unspecified atom stereocenters. The lowest BCUT2D eigenvalue weighted by Gasteiger charge is -2.27. The molecule has 0 atom stereocenters. The van der Waals surface area contributed by atoms with Crippen molar-refractivity contribution in [2.75, 3.05) is 6.54 Å². The first-order chi connectivity index (χ1) is 13.0. The summed E-state index contributed by atoms with van der Waals surface area (Å²) < 4.78 is 5.65. The highest BCUT2D eigenvalue weighted by Gasteiger charge is 2.22. The quantitative estimate of drug-likeness (QED) is 0.769. The Morgan fingerprint density at radius 1 is 1.30 bits per heavy atom. The van der Waals surface area contributed by atoms with Gasteiger partial charge in [-0.25, -0.2) is 4.98 Å². The number of fused-ring (bicyclic) bond motifs is 2. The Labute approximate surface area is 156 Å². The van der Waals surface area contributed by atoms with Crippen LogP contribution in [0.2, 0.25) is 0 Å². The lowest BCUT2D eigenvalue weighted by molar-refractivity contribution is 0.239. The third kappa shape index (κ3) is 3.45. The van der Waals surface area contributed by atoms with Gasteiger partial charge in [0.2, 0.25) is 0 Å². The van der Waals surface area contributed by atoms with Crippen molar-refractivity contribution in [1.29, 1.82) is 0 Å². The number of nitrogens with one attached hydrogen (secondary N) is 1. The number of rotatable bonds is 4. The van der Waals surface area contributed by atoms with Crippen LogP contribution in [0.15, 0.2) is 38.5 Å². The molecule has 1 aliphatic rings. The summed E-state index contributed by atoms with van der Waals surface area (Å²) >= 11 is 0. The number of H-pyrrole nitrogens is 1. The highest BCUT2D eigenvalue weighted by molar-refractivity contribution is 5.77. The fraction of sp³-hybridized carbons (Fsp3) is 0.381. The van der Waals surface area contributed by atoms with Crippen LogP contribution >= 0.6 is 0 Å². The minimum absolute atomic E-state index is 0.00363. The molecular formula is C21H23N3O3. The second-order valence-electron chi connectivity index (χ2n) is 7.24. The normalized spacial score (nSPS) is 14.4. The van der Waals surface area contributed by atoms with Gasteiger partial charge in [-0.15, -0.1) is 0 Å². The van der Waals surface area contributed by atoms with Crippen LogP contribution in [0.1, 0.15) is 41.6 Å². The van der Waals surface area contributed by atoms with E-state index in [1.807, 2.05) is 25.1 Å². The van der Waals surface area contributed by atoms with Crippen molar-refractivity contribution in [2.24, 2.45) is 0 Å². The Bertz CT molecular complexity index is 1110. The first kappa shape index (κ1) is 17.7. The van der Waals surface area contributed by atoms with Gasteiger partial charge in [-0.3, -0.25) is 14.5 Å². The van der Waals surface area contributed by atoms with E-state index in [-0.39, 0.29) is 11.0 Å². The van der Waals surface area contributed by atoms with Crippen LogP contribution in [-0.2, 0) is 25.9 Å². The van der Waals surface area contributed by atoms with E-state index in [0.717, 1.165) is 36.5 Å². The molecule has 1 aliphatic heterocycles. The minimum atomic E-state index is -0.0608. The molecule has 0 spiro atoms. The molecule has 0 amide bonds. The van der Waals surface area contributed by atoms with Crippen LogP contribution in [0.4, 0.5) is 0 Å². The Morgan fingerprint density at radius 3 is 2.96 bits per heavy atom. The predicted octanol–water partition coefficient (Wildman–Crippen LogP) is 2.70. The largest absolute Gasteiger partial charge is 0.464 e. The third-order valence-corrected chi connectivity index (χ3v) is 5.08.